The Bertz CT molecular complexity index is 1240. The number of nitrogens with one attached hydrogen (secondary N) is 1. The van der Waals surface area contributed by atoms with Gasteiger partial charge in [0, 0.05) is 49.9 Å². The smallest absolute Gasteiger partial charge is 0.410 e. The van der Waals surface area contributed by atoms with Crippen LogP contribution in [0.1, 0.15) is 30.4 Å². The molecular formula is C25H27N5O9. The molecule has 39 heavy (non-hydrogen) atoms. The monoisotopic (exact) mass is 541 g/mol. The quantitative estimate of drug-likeness (QED) is 0.389. The number of hydrogen-bond acceptors (Lipinski definition) is 9. The average Bonchev–Trinajstić information content (AvgIpc) is 3.61. The molecule has 0 radical (unpaired) electrons. The van der Waals surface area contributed by atoms with Crippen LogP contribution in [-0.4, -0.2) is 69.5 Å². The van der Waals surface area contributed by atoms with E-state index in [4.69, 9.17) is 9.47 Å². The molecule has 2 unspecified atom stereocenters. The second-order valence-electron chi connectivity index (χ2n) is 9.25. The molecule has 3 amide bonds. The van der Waals surface area contributed by atoms with Gasteiger partial charge in [-0.05, 0) is 54.7 Å². The first kappa shape index (κ1) is 27.3. The van der Waals surface area contributed by atoms with Crippen LogP contribution in [0, 0.1) is 20.2 Å². The van der Waals surface area contributed by atoms with Crippen LogP contribution in [0.2, 0.25) is 0 Å². The lowest BCUT2D eigenvalue weighted by atomic mass is 10.2. The van der Waals surface area contributed by atoms with Gasteiger partial charge in [0.25, 0.3) is 11.4 Å². The average molecular weight is 542 g/mol. The van der Waals surface area contributed by atoms with E-state index in [1.165, 1.54) is 58.3 Å². The number of rotatable bonds is 8. The standard InChI is InChI=1S/C25H27N5O9/c31-23(22-2-1-12-28(22)25(33)39-16-18-5-9-21(10-6-18)30(36)37)26-19-11-13-27(14-19)24(32)38-15-17-3-7-20(8-4-17)29(34)35/h3-10,19,22H,1-2,11-16H2,(H,26,31). The first-order chi connectivity index (χ1) is 18.7. The molecule has 14 heteroatoms. The van der Waals surface area contributed by atoms with Gasteiger partial charge in [-0.25, -0.2) is 9.59 Å². The maximum atomic E-state index is 12.9. The summed E-state index contributed by atoms with van der Waals surface area (Å²) < 4.78 is 10.6. The Hall–Kier alpha value is -4.75. The molecule has 2 heterocycles. The van der Waals surface area contributed by atoms with Gasteiger partial charge in [-0.2, -0.15) is 0 Å². The van der Waals surface area contributed by atoms with Crippen LogP contribution in [0.4, 0.5) is 21.0 Å². The predicted molar refractivity (Wildman–Crippen MR) is 134 cm³/mol. The van der Waals surface area contributed by atoms with Crippen molar-refractivity contribution in [3.05, 3.63) is 79.9 Å². The summed E-state index contributed by atoms with van der Waals surface area (Å²) >= 11 is 0. The number of nitro benzene ring substituents is 2. The van der Waals surface area contributed by atoms with Crippen LogP contribution in [0.3, 0.4) is 0 Å². The van der Waals surface area contributed by atoms with E-state index in [0.717, 1.165) is 0 Å². The zero-order chi connectivity index (χ0) is 27.9. The topological polar surface area (TPSA) is 174 Å². The lowest BCUT2D eigenvalue weighted by molar-refractivity contribution is -0.385. The zero-order valence-corrected chi connectivity index (χ0v) is 20.9. The van der Waals surface area contributed by atoms with Crippen LogP contribution < -0.4 is 5.32 Å². The van der Waals surface area contributed by atoms with Crippen LogP contribution >= 0.6 is 0 Å². The summed E-state index contributed by atoms with van der Waals surface area (Å²) in [6, 6.07) is 10.4. The molecule has 0 aromatic heterocycles. The highest BCUT2D eigenvalue weighted by Gasteiger charge is 2.37. The van der Waals surface area contributed by atoms with E-state index < -0.39 is 28.1 Å². The number of non-ortho nitro benzene ring substituents is 2. The van der Waals surface area contributed by atoms with Crippen molar-refractivity contribution >= 4 is 29.5 Å². The van der Waals surface area contributed by atoms with Crippen LogP contribution in [0.15, 0.2) is 48.5 Å². The van der Waals surface area contributed by atoms with Crippen molar-refractivity contribution in [2.75, 3.05) is 19.6 Å². The fourth-order valence-electron chi connectivity index (χ4n) is 4.49. The lowest BCUT2D eigenvalue weighted by Gasteiger charge is -2.25. The largest absolute Gasteiger partial charge is 0.445 e. The number of hydrogen-bond donors (Lipinski definition) is 1. The Kier molecular flexibility index (Phi) is 8.53. The lowest BCUT2D eigenvalue weighted by Crippen LogP contribution is -2.49. The van der Waals surface area contributed by atoms with Crippen molar-refractivity contribution in [1.29, 1.82) is 0 Å². The van der Waals surface area contributed by atoms with Crippen molar-refractivity contribution < 1.29 is 33.7 Å². The van der Waals surface area contributed by atoms with Crippen LogP contribution in [0.25, 0.3) is 0 Å². The Balaban J connectivity index is 1.22. The van der Waals surface area contributed by atoms with Crippen molar-refractivity contribution in [2.24, 2.45) is 0 Å². The number of amides is 3. The van der Waals surface area contributed by atoms with E-state index in [-0.39, 0.29) is 43.1 Å². The summed E-state index contributed by atoms with van der Waals surface area (Å²) in [5.74, 6) is -0.328. The predicted octanol–water partition coefficient (Wildman–Crippen LogP) is 3.13. The molecule has 1 N–H and O–H groups in total. The maximum Gasteiger partial charge on any atom is 0.410 e. The molecule has 2 atom stereocenters. The van der Waals surface area contributed by atoms with Crippen LogP contribution in [0.5, 0.6) is 0 Å². The zero-order valence-electron chi connectivity index (χ0n) is 20.9. The fraction of sp³-hybridized carbons (Fsp3) is 0.400. The molecule has 2 saturated heterocycles. The summed E-state index contributed by atoms with van der Waals surface area (Å²) in [6.45, 7) is 0.880. The molecule has 2 aromatic carbocycles. The normalized spacial score (nSPS) is 18.5. The van der Waals surface area contributed by atoms with Gasteiger partial charge in [-0.1, -0.05) is 0 Å². The molecule has 14 nitrogen and oxygen atoms in total. The summed E-state index contributed by atoms with van der Waals surface area (Å²) in [6.07, 6.45) is 0.439. The molecule has 4 rings (SSSR count). The Morgan fingerprint density at radius 3 is 1.90 bits per heavy atom. The molecule has 2 aliphatic heterocycles. The maximum absolute atomic E-state index is 12.9. The third-order valence-corrected chi connectivity index (χ3v) is 6.60. The molecule has 2 fully saturated rings. The van der Waals surface area contributed by atoms with E-state index in [1.54, 1.807) is 0 Å². The van der Waals surface area contributed by atoms with Gasteiger partial charge in [0.15, 0.2) is 0 Å². The minimum absolute atomic E-state index is 0.0383. The molecule has 2 aromatic rings. The number of likely N-dealkylation sites (tertiary alicyclic amines) is 2. The van der Waals surface area contributed by atoms with Gasteiger partial charge >= 0.3 is 12.2 Å². The van der Waals surface area contributed by atoms with E-state index in [1.807, 2.05) is 0 Å². The number of nitrogens with zero attached hydrogens (tertiary/aromatic N) is 4. The van der Waals surface area contributed by atoms with E-state index in [0.29, 0.717) is 43.5 Å². The van der Waals surface area contributed by atoms with Crippen LogP contribution in [-0.2, 0) is 27.5 Å². The minimum Gasteiger partial charge on any atom is -0.445 e. The molecule has 2 aliphatic rings. The van der Waals surface area contributed by atoms with Gasteiger partial charge in [-0.15, -0.1) is 0 Å². The number of benzene rings is 2. The number of carbonyl (C=O) groups excluding carboxylic acids is 3. The second-order valence-corrected chi connectivity index (χ2v) is 9.25. The Morgan fingerprint density at radius 1 is 0.821 bits per heavy atom. The van der Waals surface area contributed by atoms with Crippen molar-refractivity contribution in [3.63, 3.8) is 0 Å². The minimum atomic E-state index is -0.697. The van der Waals surface area contributed by atoms with Gasteiger partial charge in [0.2, 0.25) is 5.91 Å². The third kappa shape index (κ3) is 6.97. The third-order valence-electron chi connectivity index (χ3n) is 6.60. The molecule has 0 spiro atoms. The summed E-state index contributed by atoms with van der Waals surface area (Å²) in [5, 5.41) is 24.4. The van der Waals surface area contributed by atoms with E-state index >= 15 is 0 Å². The van der Waals surface area contributed by atoms with E-state index in [9.17, 15) is 34.6 Å². The highest BCUT2D eigenvalue weighted by atomic mass is 16.6. The van der Waals surface area contributed by atoms with Gasteiger partial charge in [-0.3, -0.25) is 29.9 Å². The number of carbonyl (C=O) groups is 3. The number of ether oxygens (including phenoxy) is 2. The SMILES string of the molecule is O=C(NC1CCN(C(=O)OCc2ccc([N+](=O)[O-])cc2)C1)C1CCCN1C(=O)OCc1ccc([N+](=O)[O-])cc1. The Morgan fingerprint density at radius 2 is 1.36 bits per heavy atom. The highest BCUT2D eigenvalue weighted by molar-refractivity contribution is 5.86. The first-order valence-electron chi connectivity index (χ1n) is 12.3. The van der Waals surface area contributed by atoms with Gasteiger partial charge in [0.1, 0.15) is 19.3 Å². The van der Waals surface area contributed by atoms with E-state index in [2.05, 4.69) is 5.32 Å². The molecular weight excluding hydrogens is 514 g/mol. The summed E-state index contributed by atoms with van der Waals surface area (Å²) in [4.78, 5) is 61.4. The van der Waals surface area contributed by atoms with Gasteiger partial charge in [0.05, 0.1) is 9.85 Å². The summed E-state index contributed by atoms with van der Waals surface area (Å²) in [7, 11) is 0. The van der Waals surface area contributed by atoms with Gasteiger partial charge < -0.3 is 19.7 Å². The fourth-order valence-corrected chi connectivity index (χ4v) is 4.49. The summed E-state index contributed by atoms with van der Waals surface area (Å²) in [5.41, 5.74) is 1.08. The highest BCUT2D eigenvalue weighted by Crippen LogP contribution is 2.21. The molecule has 0 bridgehead atoms. The number of nitro groups is 2. The molecule has 0 aliphatic carbocycles. The second kappa shape index (κ2) is 12.2. The first-order valence-corrected chi connectivity index (χ1v) is 12.3. The Labute approximate surface area is 222 Å². The van der Waals surface area contributed by atoms with Crippen molar-refractivity contribution in [3.8, 4) is 0 Å². The molecule has 0 saturated carbocycles. The van der Waals surface area contributed by atoms with Crippen molar-refractivity contribution in [1.82, 2.24) is 15.1 Å². The van der Waals surface area contributed by atoms with Crippen molar-refractivity contribution in [2.45, 2.75) is 44.6 Å². The molecule has 206 valence electrons.